The monoisotopic (exact) mass is 256 g/mol. The van der Waals surface area contributed by atoms with Crippen LogP contribution in [0.3, 0.4) is 0 Å². The number of ketones is 1. The van der Waals surface area contributed by atoms with E-state index in [2.05, 4.69) is 31.2 Å². The molecule has 1 aromatic carbocycles. The summed E-state index contributed by atoms with van der Waals surface area (Å²) in [6, 6.07) is 10.4. The van der Waals surface area contributed by atoms with Gasteiger partial charge in [0.2, 0.25) is 0 Å². The number of carbonyl (C=O) groups is 1. The van der Waals surface area contributed by atoms with Gasteiger partial charge in [0.1, 0.15) is 5.78 Å². The molecule has 3 aliphatic rings. The fourth-order valence-corrected chi connectivity index (χ4v) is 5.19. The second kappa shape index (κ2) is 3.69. The molecule has 2 nitrogen and oxygen atoms in total. The number of hydrogen-bond donors (Lipinski definition) is 0. The van der Waals surface area contributed by atoms with Crippen LogP contribution < -0.4 is 0 Å². The van der Waals surface area contributed by atoms with Crippen molar-refractivity contribution >= 4 is 5.78 Å². The van der Waals surface area contributed by atoms with E-state index >= 15 is 0 Å². The molecule has 0 N–H and O–H groups in total. The highest BCUT2D eigenvalue weighted by molar-refractivity contribution is 5.90. The molecule has 100 valence electrons. The summed E-state index contributed by atoms with van der Waals surface area (Å²) in [5.41, 5.74) is 1.20. The molecule has 19 heavy (non-hydrogen) atoms. The zero-order valence-corrected chi connectivity index (χ0v) is 11.4. The average Bonchev–Trinajstić information content (AvgIpc) is 2.96. The molecule has 4 rings (SSSR count). The van der Waals surface area contributed by atoms with Crippen molar-refractivity contribution in [3.63, 3.8) is 0 Å². The van der Waals surface area contributed by atoms with Crippen LogP contribution >= 0.6 is 0 Å². The van der Waals surface area contributed by atoms with E-state index in [1.54, 1.807) is 0 Å². The van der Waals surface area contributed by atoms with Crippen LogP contribution in [0.4, 0.5) is 0 Å². The molecule has 1 spiro atoms. The summed E-state index contributed by atoms with van der Waals surface area (Å²) in [5, 5.41) is 0. The fraction of sp³-hybridized carbons (Fsp3) is 0.588. The summed E-state index contributed by atoms with van der Waals surface area (Å²) < 4.78 is 6.17. The van der Waals surface area contributed by atoms with Gasteiger partial charge in [-0.05, 0) is 37.7 Å². The first-order valence-electron chi connectivity index (χ1n) is 7.39. The summed E-state index contributed by atoms with van der Waals surface area (Å²) in [4.78, 5) is 12.6. The number of hydrogen-bond acceptors (Lipinski definition) is 2. The van der Waals surface area contributed by atoms with Crippen LogP contribution in [0.25, 0.3) is 0 Å². The molecule has 1 aromatic rings. The van der Waals surface area contributed by atoms with E-state index in [-0.39, 0.29) is 16.9 Å². The Morgan fingerprint density at radius 2 is 2.00 bits per heavy atom. The quantitative estimate of drug-likeness (QED) is 0.770. The minimum atomic E-state index is -0.0790. The van der Waals surface area contributed by atoms with E-state index in [0.29, 0.717) is 11.7 Å². The molecule has 3 fully saturated rings. The zero-order valence-electron chi connectivity index (χ0n) is 11.4. The Balaban J connectivity index is 1.88. The van der Waals surface area contributed by atoms with Gasteiger partial charge < -0.3 is 4.74 Å². The highest BCUT2D eigenvalue weighted by Gasteiger charge is 2.69. The first-order chi connectivity index (χ1) is 9.17. The molecule has 1 heterocycles. The van der Waals surface area contributed by atoms with Gasteiger partial charge in [0.05, 0.1) is 18.1 Å². The molecular weight excluding hydrogens is 236 g/mol. The lowest BCUT2D eigenvalue weighted by Crippen LogP contribution is -2.43. The summed E-state index contributed by atoms with van der Waals surface area (Å²) in [5.74, 6) is 0.944. The van der Waals surface area contributed by atoms with Crippen LogP contribution in [0.5, 0.6) is 0 Å². The van der Waals surface area contributed by atoms with E-state index in [4.69, 9.17) is 4.74 Å². The maximum atomic E-state index is 12.6. The largest absolute Gasteiger partial charge is 0.374 e. The molecule has 4 atom stereocenters. The Labute approximate surface area is 114 Å². The minimum Gasteiger partial charge on any atom is -0.374 e. The molecule has 2 aliphatic carbocycles. The third-order valence-electron chi connectivity index (χ3n) is 5.98. The molecule has 0 unspecified atom stereocenters. The lowest BCUT2D eigenvalue weighted by molar-refractivity contribution is -0.123. The Morgan fingerprint density at radius 3 is 2.79 bits per heavy atom. The predicted molar refractivity (Wildman–Crippen MR) is 72.9 cm³/mol. The molecule has 0 aromatic heterocycles. The maximum absolute atomic E-state index is 12.6. The number of rotatable bonds is 1. The van der Waals surface area contributed by atoms with E-state index in [9.17, 15) is 4.79 Å². The Morgan fingerprint density at radius 1 is 1.21 bits per heavy atom. The van der Waals surface area contributed by atoms with Gasteiger partial charge in [-0.25, -0.2) is 0 Å². The number of benzene rings is 1. The van der Waals surface area contributed by atoms with Gasteiger partial charge in [-0.3, -0.25) is 4.79 Å². The highest BCUT2D eigenvalue weighted by Crippen LogP contribution is 2.68. The van der Waals surface area contributed by atoms with Crippen LogP contribution in [0, 0.1) is 11.3 Å². The SMILES string of the molecule is C[C@@]12CCC[C@@]13[C@@H](CO2)CC(=O)[C@H]3c1ccccc1. The van der Waals surface area contributed by atoms with Crippen molar-refractivity contribution in [2.45, 2.75) is 44.1 Å². The van der Waals surface area contributed by atoms with Gasteiger partial charge >= 0.3 is 0 Å². The minimum absolute atomic E-state index is 0.0636. The predicted octanol–water partition coefficient (Wildman–Crippen LogP) is 3.32. The van der Waals surface area contributed by atoms with Crippen LogP contribution in [-0.2, 0) is 9.53 Å². The lowest BCUT2D eigenvalue weighted by atomic mass is 9.63. The van der Waals surface area contributed by atoms with Crippen molar-refractivity contribution < 1.29 is 9.53 Å². The van der Waals surface area contributed by atoms with E-state index < -0.39 is 0 Å². The van der Waals surface area contributed by atoms with Gasteiger partial charge in [-0.1, -0.05) is 30.3 Å². The third-order valence-corrected chi connectivity index (χ3v) is 5.98. The fourth-order valence-electron chi connectivity index (χ4n) is 5.19. The average molecular weight is 256 g/mol. The summed E-state index contributed by atoms with van der Waals surface area (Å²) >= 11 is 0. The molecular formula is C17H20O2. The maximum Gasteiger partial charge on any atom is 0.141 e. The van der Waals surface area contributed by atoms with E-state index in [1.165, 1.54) is 12.0 Å². The van der Waals surface area contributed by atoms with Crippen molar-refractivity contribution in [2.24, 2.45) is 11.3 Å². The molecule has 0 bridgehead atoms. The van der Waals surface area contributed by atoms with Crippen molar-refractivity contribution in [1.82, 2.24) is 0 Å². The summed E-state index contributed by atoms with van der Waals surface area (Å²) in [6.07, 6.45) is 4.18. The second-order valence-corrected chi connectivity index (χ2v) is 6.65. The second-order valence-electron chi connectivity index (χ2n) is 6.65. The van der Waals surface area contributed by atoms with Crippen LogP contribution in [0.1, 0.15) is 44.1 Å². The van der Waals surface area contributed by atoms with E-state index in [1.807, 2.05) is 6.07 Å². The third kappa shape index (κ3) is 1.28. The first kappa shape index (κ1) is 11.7. The Kier molecular flexibility index (Phi) is 2.27. The van der Waals surface area contributed by atoms with Crippen molar-refractivity contribution in [1.29, 1.82) is 0 Å². The number of Topliss-reactive ketones (excluding diaryl/α,β-unsaturated/α-hetero) is 1. The Hall–Kier alpha value is -1.15. The molecule has 0 amide bonds. The Bertz CT molecular complexity index is 523. The van der Waals surface area contributed by atoms with Crippen LogP contribution in [0.2, 0.25) is 0 Å². The summed E-state index contributed by atoms with van der Waals surface area (Å²) in [7, 11) is 0. The van der Waals surface area contributed by atoms with Crippen molar-refractivity contribution in [2.75, 3.05) is 6.61 Å². The van der Waals surface area contributed by atoms with Crippen LogP contribution in [-0.4, -0.2) is 18.0 Å². The van der Waals surface area contributed by atoms with Crippen molar-refractivity contribution in [3.8, 4) is 0 Å². The molecule has 0 radical (unpaired) electrons. The van der Waals surface area contributed by atoms with Gasteiger partial charge in [0.25, 0.3) is 0 Å². The number of carbonyl (C=O) groups excluding carboxylic acids is 1. The van der Waals surface area contributed by atoms with Gasteiger partial charge in [-0.2, -0.15) is 0 Å². The van der Waals surface area contributed by atoms with Crippen LogP contribution in [0.15, 0.2) is 30.3 Å². The van der Waals surface area contributed by atoms with Gasteiger partial charge in [-0.15, -0.1) is 0 Å². The van der Waals surface area contributed by atoms with Gasteiger partial charge in [0.15, 0.2) is 0 Å². The smallest absolute Gasteiger partial charge is 0.141 e. The first-order valence-corrected chi connectivity index (χ1v) is 7.39. The molecule has 1 aliphatic heterocycles. The van der Waals surface area contributed by atoms with E-state index in [0.717, 1.165) is 25.9 Å². The highest BCUT2D eigenvalue weighted by atomic mass is 16.5. The normalized spacial score (nSPS) is 44.4. The van der Waals surface area contributed by atoms with Gasteiger partial charge in [0, 0.05) is 11.8 Å². The molecule has 2 saturated carbocycles. The summed E-state index contributed by atoms with van der Waals surface area (Å²) in [6.45, 7) is 3.03. The molecule has 1 saturated heterocycles. The standard InChI is InChI=1S/C17H20O2/c1-16-8-5-9-17(16)13(11-19-16)10-14(18)15(17)12-6-3-2-4-7-12/h2-4,6-7,13,15H,5,8-11H2,1H3/t13-,15-,16-,17+/m1/s1. The topological polar surface area (TPSA) is 26.3 Å². The zero-order chi connectivity index (χ0) is 13.1. The van der Waals surface area contributed by atoms with Crippen molar-refractivity contribution in [3.05, 3.63) is 35.9 Å². The number of ether oxygens (including phenoxy) is 1. The molecule has 2 heteroatoms. The lowest BCUT2D eigenvalue weighted by Gasteiger charge is -2.40.